The monoisotopic (exact) mass is 515 g/mol. The molecule has 10 heteroatoms. The first-order chi connectivity index (χ1) is 16.3. The molecular weight excluding hydrogens is 486 g/mol. The summed E-state index contributed by atoms with van der Waals surface area (Å²) >= 11 is 3.57. The number of anilines is 3. The number of halogens is 1. The molecule has 176 valence electrons. The Morgan fingerprint density at radius 1 is 0.788 bits per heavy atom. The van der Waals surface area contributed by atoms with Crippen LogP contribution in [-0.4, -0.2) is 54.1 Å². The van der Waals surface area contributed by atoms with Gasteiger partial charge in [0.05, 0.1) is 6.21 Å². The first kappa shape index (κ1) is 22.2. The predicted octanol–water partition coefficient (Wildman–Crippen LogP) is 4.57. The van der Waals surface area contributed by atoms with Crippen molar-refractivity contribution in [3.8, 4) is 11.5 Å². The average molecular weight is 516 g/mol. The second kappa shape index (κ2) is 10.5. The van der Waals surface area contributed by atoms with Crippen molar-refractivity contribution in [1.82, 2.24) is 15.0 Å². The van der Waals surface area contributed by atoms with Gasteiger partial charge in [-0.25, -0.2) is 5.43 Å². The average Bonchev–Trinajstić information content (AvgIpc) is 3.03. The van der Waals surface area contributed by atoms with E-state index in [1.165, 1.54) is 51.4 Å². The lowest BCUT2D eigenvalue weighted by Gasteiger charge is -2.24. The molecule has 5 rings (SSSR count). The van der Waals surface area contributed by atoms with Crippen LogP contribution >= 0.6 is 15.9 Å². The number of ether oxygens (including phenoxy) is 2. The maximum absolute atomic E-state index is 5.48. The minimum atomic E-state index is 0.240. The van der Waals surface area contributed by atoms with Gasteiger partial charge in [0.2, 0.25) is 24.6 Å². The van der Waals surface area contributed by atoms with E-state index in [1.807, 2.05) is 12.1 Å². The quantitative estimate of drug-likeness (QED) is 0.457. The van der Waals surface area contributed by atoms with Gasteiger partial charge < -0.3 is 19.3 Å². The highest BCUT2D eigenvalue weighted by Gasteiger charge is 2.20. The van der Waals surface area contributed by atoms with Crippen LogP contribution in [-0.2, 0) is 0 Å². The molecule has 1 aromatic heterocycles. The largest absolute Gasteiger partial charge is 0.454 e. The number of rotatable bonds is 5. The first-order valence-electron chi connectivity index (χ1n) is 11.9. The van der Waals surface area contributed by atoms with Crippen LogP contribution in [0.5, 0.6) is 11.5 Å². The van der Waals surface area contributed by atoms with Gasteiger partial charge in [0, 0.05) is 36.2 Å². The van der Waals surface area contributed by atoms with Crippen LogP contribution < -0.4 is 24.7 Å². The number of nitrogens with zero attached hydrogens (tertiary/aromatic N) is 6. The van der Waals surface area contributed by atoms with Crippen molar-refractivity contribution < 1.29 is 9.47 Å². The Bertz CT molecular complexity index is 949. The minimum Gasteiger partial charge on any atom is -0.454 e. The molecule has 0 radical (unpaired) electrons. The highest BCUT2D eigenvalue weighted by atomic mass is 79.9. The maximum Gasteiger partial charge on any atom is 0.250 e. The van der Waals surface area contributed by atoms with Crippen LogP contribution in [0.2, 0.25) is 0 Å². The molecule has 0 unspecified atom stereocenters. The summed E-state index contributed by atoms with van der Waals surface area (Å²) in [7, 11) is 0. The summed E-state index contributed by atoms with van der Waals surface area (Å²) in [5.41, 5.74) is 3.92. The molecule has 2 aromatic rings. The smallest absolute Gasteiger partial charge is 0.250 e. The normalized spacial score (nSPS) is 18.9. The van der Waals surface area contributed by atoms with Crippen molar-refractivity contribution in [2.75, 3.05) is 48.2 Å². The molecule has 0 saturated carbocycles. The van der Waals surface area contributed by atoms with Gasteiger partial charge in [-0.2, -0.15) is 20.1 Å². The van der Waals surface area contributed by atoms with Crippen LogP contribution in [0.4, 0.5) is 17.8 Å². The summed E-state index contributed by atoms with van der Waals surface area (Å²) in [6, 6.07) is 3.79. The maximum atomic E-state index is 5.48. The van der Waals surface area contributed by atoms with Crippen molar-refractivity contribution in [1.29, 1.82) is 0 Å². The van der Waals surface area contributed by atoms with Gasteiger partial charge in [0.1, 0.15) is 0 Å². The summed E-state index contributed by atoms with van der Waals surface area (Å²) in [6.07, 6.45) is 11.5. The van der Waals surface area contributed by atoms with Gasteiger partial charge >= 0.3 is 0 Å². The molecule has 0 spiro atoms. The van der Waals surface area contributed by atoms with Crippen molar-refractivity contribution in [3.05, 3.63) is 22.2 Å². The van der Waals surface area contributed by atoms with Crippen LogP contribution in [0.3, 0.4) is 0 Å². The highest BCUT2D eigenvalue weighted by molar-refractivity contribution is 9.10. The third-order valence-electron chi connectivity index (χ3n) is 6.25. The standard InChI is InChI=1S/C23H30BrN7O2/c24-18-14-20-19(32-16-33-20)13-17(18)15-25-29-21-26-22(30-9-5-1-2-6-10-30)28-23(27-21)31-11-7-3-4-8-12-31/h13-15H,1-12,16H2,(H,26,27,28,29)/b25-15+. The van der Waals surface area contributed by atoms with E-state index >= 15 is 0 Å². The van der Waals surface area contributed by atoms with Gasteiger partial charge in [-0.1, -0.05) is 25.7 Å². The Kier molecular flexibility index (Phi) is 7.09. The summed E-state index contributed by atoms with van der Waals surface area (Å²) < 4.78 is 11.8. The molecular formula is C23H30BrN7O2. The van der Waals surface area contributed by atoms with Gasteiger partial charge in [-0.05, 0) is 53.7 Å². The lowest BCUT2D eigenvalue weighted by molar-refractivity contribution is 0.174. The summed E-state index contributed by atoms with van der Waals surface area (Å²) in [4.78, 5) is 18.9. The zero-order valence-electron chi connectivity index (χ0n) is 18.8. The van der Waals surface area contributed by atoms with Crippen LogP contribution in [0, 0.1) is 0 Å². The molecule has 1 N–H and O–H groups in total. The van der Waals surface area contributed by atoms with Crippen molar-refractivity contribution in [3.63, 3.8) is 0 Å². The van der Waals surface area contributed by atoms with Crippen LogP contribution in [0.25, 0.3) is 0 Å². The van der Waals surface area contributed by atoms with E-state index in [9.17, 15) is 0 Å². The third-order valence-corrected chi connectivity index (χ3v) is 6.94. The molecule has 0 amide bonds. The Morgan fingerprint density at radius 3 is 1.91 bits per heavy atom. The molecule has 9 nitrogen and oxygen atoms in total. The predicted molar refractivity (Wildman–Crippen MR) is 133 cm³/mol. The van der Waals surface area contributed by atoms with Crippen molar-refractivity contribution >= 4 is 40.0 Å². The van der Waals surface area contributed by atoms with Gasteiger partial charge in [-0.3, -0.25) is 0 Å². The summed E-state index contributed by atoms with van der Waals surface area (Å²) in [5.74, 6) is 3.40. The van der Waals surface area contributed by atoms with E-state index in [0.29, 0.717) is 11.7 Å². The fourth-order valence-corrected chi connectivity index (χ4v) is 4.84. The lowest BCUT2D eigenvalue weighted by atomic mass is 10.2. The number of nitrogens with one attached hydrogen (secondary N) is 1. The zero-order valence-corrected chi connectivity index (χ0v) is 20.4. The Balaban J connectivity index is 1.38. The van der Waals surface area contributed by atoms with Gasteiger partial charge in [0.15, 0.2) is 11.5 Å². The third kappa shape index (κ3) is 5.48. The number of benzene rings is 1. The fraction of sp³-hybridized carbons (Fsp3) is 0.565. The number of hydrogen-bond donors (Lipinski definition) is 1. The lowest BCUT2D eigenvalue weighted by Crippen LogP contribution is -2.30. The molecule has 0 atom stereocenters. The molecule has 4 heterocycles. The minimum absolute atomic E-state index is 0.240. The van der Waals surface area contributed by atoms with E-state index in [4.69, 9.17) is 24.4 Å². The Labute approximate surface area is 202 Å². The number of hydrazone groups is 1. The van der Waals surface area contributed by atoms with Crippen LogP contribution in [0.1, 0.15) is 56.9 Å². The second-order valence-electron chi connectivity index (χ2n) is 8.66. The van der Waals surface area contributed by atoms with E-state index in [2.05, 4.69) is 36.3 Å². The van der Waals surface area contributed by atoms with E-state index in [0.717, 1.165) is 53.9 Å². The van der Waals surface area contributed by atoms with Gasteiger partial charge in [0.25, 0.3) is 0 Å². The van der Waals surface area contributed by atoms with Gasteiger partial charge in [-0.15, -0.1) is 0 Å². The molecule has 2 fully saturated rings. The van der Waals surface area contributed by atoms with Crippen LogP contribution in [0.15, 0.2) is 21.7 Å². The topological polar surface area (TPSA) is 88.0 Å². The highest BCUT2D eigenvalue weighted by Crippen LogP contribution is 2.36. The SMILES string of the molecule is Brc1cc2c(cc1/C=N/Nc1nc(N3CCCCCC3)nc(N3CCCCCC3)n1)OCO2. The molecule has 3 aliphatic rings. The van der Waals surface area contributed by atoms with E-state index in [1.54, 1.807) is 6.21 Å². The molecule has 1 aromatic carbocycles. The number of hydrogen-bond acceptors (Lipinski definition) is 9. The zero-order chi connectivity index (χ0) is 22.5. The summed E-state index contributed by atoms with van der Waals surface area (Å²) in [5, 5.41) is 4.42. The molecule has 0 aliphatic carbocycles. The molecule has 3 aliphatic heterocycles. The van der Waals surface area contributed by atoms with E-state index in [-0.39, 0.29) is 6.79 Å². The van der Waals surface area contributed by atoms with Crippen molar-refractivity contribution in [2.45, 2.75) is 51.4 Å². The second-order valence-corrected chi connectivity index (χ2v) is 9.51. The molecule has 0 bridgehead atoms. The van der Waals surface area contributed by atoms with Crippen molar-refractivity contribution in [2.24, 2.45) is 5.10 Å². The molecule has 2 saturated heterocycles. The first-order valence-corrected chi connectivity index (χ1v) is 12.7. The Morgan fingerprint density at radius 2 is 1.33 bits per heavy atom. The number of aromatic nitrogens is 3. The molecule has 33 heavy (non-hydrogen) atoms. The van der Waals surface area contributed by atoms with E-state index < -0.39 is 0 Å². The fourth-order valence-electron chi connectivity index (χ4n) is 4.42. The summed E-state index contributed by atoms with van der Waals surface area (Å²) in [6.45, 7) is 4.17. The number of fused-ring (bicyclic) bond motifs is 1. The Hall–Kier alpha value is -2.62.